The normalized spacial score (nSPS) is 15.8. The molecule has 1 fully saturated rings. The van der Waals surface area contributed by atoms with E-state index in [1.54, 1.807) is 6.92 Å². The lowest BCUT2D eigenvalue weighted by atomic mass is 10.2. The van der Waals surface area contributed by atoms with Crippen molar-refractivity contribution in [1.82, 2.24) is 4.37 Å². The molecule has 0 saturated heterocycles. The standard InChI is InChI=1S/C11H19N3O2S2/c1-2-18(15,16)9-10(12)14-17-11(9)13-7-3-4-8-5-6-8/h8,13H,2-7H2,1H3,(H2,12,14). The van der Waals surface area contributed by atoms with Crippen molar-refractivity contribution in [1.29, 1.82) is 0 Å². The summed E-state index contributed by atoms with van der Waals surface area (Å²) in [4.78, 5) is 0.182. The number of nitrogen functional groups attached to an aromatic ring is 1. The number of hydrogen-bond donors (Lipinski definition) is 2. The maximum atomic E-state index is 11.9. The third kappa shape index (κ3) is 3.14. The van der Waals surface area contributed by atoms with Gasteiger partial charge in [-0.25, -0.2) is 8.42 Å². The Labute approximate surface area is 112 Å². The highest BCUT2D eigenvalue weighted by atomic mass is 32.2. The van der Waals surface area contributed by atoms with Crippen LogP contribution in [-0.2, 0) is 9.84 Å². The number of nitrogens with one attached hydrogen (secondary N) is 1. The molecule has 1 heterocycles. The predicted octanol–water partition coefficient (Wildman–Crippen LogP) is 2.12. The minimum Gasteiger partial charge on any atom is -0.382 e. The van der Waals surface area contributed by atoms with Crippen molar-refractivity contribution in [3.63, 3.8) is 0 Å². The van der Waals surface area contributed by atoms with Gasteiger partial charge in [-0.2, -0.15) is 4.37 Å². The molecule has 1 aromatic heterocycles. The average Bonchev–Trinajstić information content (AvgIpc) is 3.08. The second-order valence-corrected chi connectivity index (χ2v) is 7.63. The molecule has 0 aromatic carbocycles. The minimum absolute atomic E-state index is 0.0480. The van der Waals surface area contributed by atoms with E-state index < -0.39 is 9.84 Å². The minimum atomic E-state index is -3.30. The molecule has 0 spiro atoms. The molecule has 1 aromatic rings. The van der Waals surface area contributed by atoms with Gasteiger partial charge in [0.05, 0.1) is 5.75 Å². The van der Waals surface area contributed by atoms with Gasteiger partial charge in [-0.15, -0.1) is 0 Å². The first-order valence-corrected chi connectivity index (χ1v) is 8.69. The molecule has 0 unspecified atom stereocenters. The summed E-state index contributed by atoms with van der Waals surface area (Å²) in [6, 6.07) is 0. The fourth-order valence-electron chi connectivity index (χ4n) is 1.85. The van der Waals surface area contributed by atoms with Crippen LogP contribution in [0, 0.1) is 5.92 Å². The lowest BCUT2D eigenvalue weighted by Gasteiger charge is -2.06. The first kappa shape index (κ1) is 13.6. The van der Waals surface area contributed by atoms with Gasteiger partial charge in [0.1, 0.15) is 9.90 Å². The van der Waals surface area contributed by atoms with Crippen molar-refractivity contribution < 1.29 is 8.42 Å². The van der Waals surface area contributed by atoms with Crippen molar-refractivity contribution in [3.8, 4) is 0 Å². The fraction of sp³-hybridized carbons (Fsp3) is 0.727. The summed E-state index contributed by atoms with van der Waals surface area (Å²) >= 11 is 1.13. The molecule has 2 rings (SSSR count). The van der Waals surface area contributed by atoms with E-state index in [9.17, 15) is 8.42 Å². The molecule has 5 nitrogen and oxygen atoms in total. The highest BCUT2D eigenvalue weighted by Crippen LogP contribution is 2.34. The van der Waals surface area contributed by atoms with Gasteiger partial charge in [-0.05, 0) is 30.3 Å². The molecule has 0 atom stereocenters. The molecule has 18 heavy (non-hydrogen) atoms. The number of hydrogen-bond acceptors (Lipinski definition) is 6. The van der Waals surface area contributed by atoms with Gasteiger partial charge in [-0.3, -0.25) is 0 Å². The summed E-state index contributed by atoms with van der Waals surface area (Å²) < 4.78 is 27.7. The smallest absolute Gasteiger partial charge is 0.184 e. The van der Waals surface area contributed by atoms with Gasteiger partial charge >= 0.3 is 0 Å². The molecule has 0 amide bonds. The van der Waals surface area contributed by atoms with Gasteiger partial charge in [0.15, 0.2) is 15.7 Å². The van der Waals surface area contributed by atoms with Crippen LogP contribution in [0.15, 0.2) is 4.90 Å². The number of nitrogens with two attached hydrogens (primary N) is 1. The maximum absolute atomic E-state index is 11.9. The first-order valence-electron chi connectivity index (χ1n) is 6.26. The zero-order valence-electron chi connectivity index (χ0n) is 10.5. The molecule has 1 aliphatic carbocycles. The number of rotatable bonds is 7. The van der Waals surface area contributed by atoms with Crippen molar-refractivity contribution in [3.05, 3.63) is 0 Å². The summed E-state index contributed by atoms with van der Waals surface area (Å²) in [5.41, 5.74) is 5.65. The average molecular weight is 289 g/mol. The van der Waals surface area contributed by atoms with E-state index in [0.29, 0.717) is 5.00 Å². The van der Waals surface area contributed by atoms with E-state index >= 15 is 0 Å². The molecule has 102 valence electrons. The van der Waals surface area contributed by atoms with Crippen LogP contribution < -0.4 is 11.1 Å². The third-order valence-electron chi connectivity index (χ3n) is 3.14. The Morgan fingerprint density at radius 2 is 2.22 bits per heavy atom. The van der Waals surface area contributed by atoms with E-state index in [4.69, 9.17) is 5.73 Å². The Morgan fingerprint density at radius 3 is 2.83 bits per heavy atom. The molecule has 1 saturated carbocycles. The van der Waals surface area contributed by atoms with Crippen LogP contribution in [0.1, 0.15) is 32.6 Å². The predicted molar refractivity (Wildman–Crippen MR) is 74.7 cm³/mol. The Kier molecular flexibility index (Phi) is 4.11. The van der Waals surface area contributed by atoms with E-state index in [0.717, 1.165) is 30.4 Å². The molecule has 0 radical (unpaired) electrons. The Bertz CT molecular complexity index is 506. The third-order valence-corrected chi connectivity index (χ3v) is 5.88. The molecule has 0 aliphatic heterocycles. The number of sulfone groups is 1. The maximum Gasteiger partial charge on any atom is 0.184 e. The molecule has 0 bridgehead atoms. The van der Waals surface area contributed by atoms with Gasteiger partial charge in [-0.1, -0.05) is 19.8 Å². The Hall–Kier alpha value is -0.820. The zero-order chi connectivity index (χ0) is 13.2. The second kappa shape index (κ2) is 5.44. The summed E-state index contributed by atoms with van der Waals surface area (Å²) in [7, 11) is -3.30. The number of aromatic nitrogens is 1. The molecular weight excluding hydrogens is 270 g/mol. The van der Waals surface area contributed by atoms with Crippen molar-refractivity contribution in [2.24, 2.45) is 5.92 Å². The van der Waals surface area contributed by atoms with Crippen LogP contribution in [0.2, 0.25) is 0 Å². The molecule has 1 aliphatic rings. The quantitative estimate of drug-likeness (QED) is 0.751. The van der Waals surface area contributed by atoms with E-state index in [2.05, 4.69) is 9.69 Å². The van der Waals surface area contributed by atoms with Crippen LogP contribution in [0.5, 0.6) is 0 Å². The summed E-state index contributed by atoms with van der Waals surface area (Å²) in [6.45, 7) is 2.40. The lowest BCUT2D eigenvalue weighted by Crippen LogP contribution is -2.10. The summed E-state index contributed by atoms with van der Waals surface area (Å²) in [6.07, 6.45) is 4.98. The van der Waals surface area contributed by atoms with Crippen molar-refractivity contribution in [2.75, 3.05) is 23.3 Å². The monoisotopic (exact) mass is 289 g/mol. The van der Waals surface area contributed by atoms with E-state index in [-0.39, 0.29) is 16.5 Å². The van der Waals surface area contributed by atoms with Crippen LogP contribution in [0.25, 0.3) is 0 Å². The second-order valence-electron chi connectivity index (χ2n) is 4.64. The topological polar surface area (TPSA) is 85.1 Å². The zero-order valence-corrected chi connectivity index (χ0v) is 12.1. The van der Waals surface area contributed by atoms with Gasteiger partial charge in [0.25, 0.3) is 0 Å². The lowest BCUT2D eigenvalue weighted by molar-refractivity contribution is 0.598. The summed E-state index contributed by atoms with van der Waals surface area (Å²) in [5, 5.41) is 3.74. The molecular formula is C11H19N3O2S2. The van der Waals surface area contributed by atoms with E-state index in [1.165, 1.54) is 19.3 Å². The van der Waals surface area contributed by atoms with Crippen LogP contribution >= 0.6 is 11.5 Å². The van der Waals surface area contributed by atoms with Gasteiger partial charge in [0.2, 0.25) is 0 Å². The largest absolute Gasteiger partial charge is 0.382 e. The van der Waals surface area contributed by atoms with Gasteiger partial charge in [0, 0.05) is 6.54 Å². The van der Waals surface area contributed by atoms with Crippen LogP contribution in [-0.4, -0.2) is 25.1 Å². The number of anilines is 2. The van der Waals surface area contributed by atoms with Gasteiger partial charge < -0.3 is 11.1 Å². The first-order chi connectivity index (χ1) is 8.54. The fourth-order valence-corrected chi connectivity index (χ4v) is 4.04. The van der Waals surface area contributed by atoms with E-state index in [1.807, 2.05) is 0 Å². The molecule has 3 N–H and O–H groups in total. The molecule has 7 heteroatoms. The summed E-state index contributed by atoms with van der Waals surface area (Å²) in [5.74, 6) is 1.07. The van der Waals surface area contributed by atoms with Crippen molar-refractivity contribution >= 4 is 32.2 Å². The highest BCUT2D eigenvalue weighted by molar-refractivity contribution is 7.91. The SMILES string of the molecule is CCS(=O)(=O)c1c(N)nsc1NCCCC1CC1. The Morgan fingerprint density at radius 1 is 1.50 bits per heavy atom. The number of nitrogens with zero attached hydrogens (tertiary/aromatic N) is 1. The Balaban J connectivity index is 1.99. The van der Waals surface area contributed by atoms with Crippen LogP contribution in [0.3, 0.4) is 0 Å². The van der Waals surface area contributed by atoms with Crippen LogP contribution in [0.4, 0.5) is 10.8 Å². The highest BCUT2D eigenvalue weighted by Gasteiger charge is 2.24. The van der Waals surface area contributed by atoms with Crippen molar-refractivity contribution in [2.45, 2.75) is 37.5 Å².